The van der Waals surface area contributed by atoms with E-state index >= 15 is 0 Å². The highest BCUT2D eigenvalue weighted by molar-refractivity contribution is 5.98. The molecular weight excluding hydrogens is 194 g/mol. The largest absolute Gasteiger partial charge is 0.466 e. The Morgan fingerprint density at radius 3 is 2.20 bits per heavy atom. The van der Waals surface area contributed by atoms with Crippen molar-refractivity contribution in [2.24, 2.45) is 0 Å². The molecule has 1 heterocycles. The van der Waals surface area contributed by atoms with Crippen molar-refractivity contribution in [3.8, 4) is 0 Å². The van der Waals surface area contributed by atoms with Gasteiger partial charge < -0.3 is 10.1 Å². The fourth-order valence-corrected chi connectivity index (χ4v) is 1.61. The first-order chi connectivity index (χ1) is 6.97. The molecule has 0 aromatic carbocycles. The Kier molecular flexibility index (Phi) is 3.29. The lowest BCUT2D eigenvalue weighted by molar-refractivity contribution is -0.136. The minimum atomic E-state index is -0.383. The SMILES string of the molecule is COC(=O)C1=C(C)NC(C)=C(C(C)=O)C1. The molecule has 0 saturated carbocycles. The topological polar surface area (TPSA) is 55.4 Å². The molecule has 1 aliphatic rings. The maximum absolute atomic E-state index is 11.4. The number of dihydropyridines is 1. The third-order valence-corrected chi connectivity index (χ3v) is 2.49. The zero-order chi connectivity index (χ0) is 11.6. The number of Topliss-reactive ketones (excluding diaryl/α,β-unsaturated/α-hetero) is 1. The van der Waals surface area contributed by atoms with E-state index in [0.29, 0.717) is 17.6 Å². The van der Waals surface area contributed by atoms with E-state index in [9.17, 15) is 9.59 Å². The van der Waals surface area contributed by atoms with E-state index < -0.39 is 0 Å². The molecule has 0 aromatic heterocycles. The van der Waals surface area contributed by atoms with Gasteiger partial charge in [-0.05, 0) is 20.8 Å². The average Bonchev–Trinajstić information content (AvgIpc) is 2.16. The molecule has 15 heavy (non-hydrogen) atoms. The molecule has 0 fully saturated rings. The number of hydrogen-bond donors (Lipinski definition) is 1. The highest BCUT2D eigenvalue weighted by Crippen LogP contribution is 2.23. The molecule has 0 spiro atoms. The van der Waals surface area contributed by atoms with Gasteiger partial charge in [-0.2, -0.15) is 0 Å². The predicted molar refractivity (Wildman–Crippen MR) is 55.8 cm³/mol. The number of hydrogen-bond acceptors (Lipinski definition) is 4. The minimum absolute atomic E-state index is 0.0195. The minimum Gasteiger partial charge on any atom is -0.466 e. The van der Waals surface area contributed by atoms with Gasteiger partial charge in [-0.3, -0.25) is 4.79 Å². The van der Waals surface area contributed by atoms with E-state index in [4.69, 9.17) is 0 Å². The van der Waals surface area contributed by atoms with Crippen molar-refractivity contribution in [1.29, 1.82) is 0 Å². The summed E-state index contributed by atoms with van der Waals surface area (Å²) in [5, 5.41) is 3.01. The highest BCUT2D eigenvalue weighted by atomic mass is 16.5. The van der Waals surface area contributed by atoms with Gasteiger partial charge in [-0.15, -0.1) is 0 Å². The van der Waals surface area contributed by atoms with Crippen LogP contribution in [-0.2, 0) is 14.3 Å². The van der Waals surface area contributed by atoms with E-state index in [-0.39, 0.29) is 11.8 Å². The van der Waals surface area contributed by atoms with Gasteiger partial charge in [0.2, 0.25) is 0 Å². The third-order valence-electron chi connectivity index (χ3n) is 2.49. The Hall–Kier alpha value is -1.58. The molecule has 0 saturated heterocycles. The zero-order valence-corrected chi connectivity index (χ0v) is 9.43. The summed E-state index contributed by atoms with van der Waals surface area (Å²) >= 11 is 0. The first kappa shape index (κ1) is 11.5. The van der Waals surface area contributed by atoms with Gasteiger partial charge in [0.1, 0.15) is 0 Å². The first-order valence-corrected chi connectivity index (χ1v) is 4.73. The molecule has 0 unspecified atom stereocenters. The third kappa shape index (κ3) is 2.26. The Labute approximate surface area is 89.0 Å². The summed E-state index contributed by atoms with van der Waals surface area (Å²) in [6.45, 7) is 5.12. The number of carbonyl (C=O) groups is 2. The van der Waals surface area contributed by atoms with Crippen molar-refractivity contribution in [2.45, 2.75) is 27.2 Å². The molecule has 1 N–H and O–H groups in total. The second-order valence-electron chi connectivity index (χ2n) is 3.56. The number of allylic oxidation sites excluding steroid dienone is 3. The molecule has 4 nitrogen and oxygen atoms in total. The van der Waals surface area contributed by atoms with Crippen LogP contribution in [0.3, 0.4) is 0 Å². The van der Waals surface area contributed by atoms with Crippen molar-refractivity contribution >= 4 is 11.8 Å². The molecule has 0 amide bonds. The zero-order valence-electron chi connectivity index (χ0n) is 9.43. The molecule has 1 rings (SSSR count). The number of ketones is 1. The summed E-state index contributed by atoms with van der Waals surface area (Å²) in [6.07, 6.45) is 0.354. The Balaban J connectivity index is 3.00. The molecule has 0 radical (unpaired) electrons. The van der Waals surface area contributed by atoms with E-state index in [1.54, 1.807) is 6.92 Å². The van der Waals surface area contributed by atoms with Gasteiger partial charge >= 0.3 is 5.97 Å². The standard InChI is InChI=1S/C11H15NO3/c1-6-9(8(3)13)5-10(7(2)12-6)11(14)15-4/h12H,5H2,1-4H3. The van der Waals surface area contributed by atoms with Crippen LogP contribution in [0.2, 0.25) is 0 Å². The van der Waals surface area contributed by atoms with E-state index in [0.717, 1.165) is 11.4 Å². The van der Waals surface area contributed by atoms with E-state index in [1.165, 1.54) is 14.0 Å². The van der Waals surface area contributed by atoms with Crippen LogP contribution in [0.5, 0.6) is 0 Å². The summed E-state index contributed by atoms with van der Waals surface area (Å²) in [7, 11) is 1.33. The fourth-order valence-electron chi connectivity index (χ4n) is 1.61. The van der Waals surface area contributed by atoms with Gasteiger partial charge in [-0.1, -0.05) is 0 Å². The summed E-state index contributed by atoms with van der Waals surface area (Å²) in [5.41, 5.74) is 2.73. The smallest absolute Gasteiger partial charge is 0.335 e. The fraction of sp³-hybridized carbons (Fsp3) is 0.455. The average molecular weight is 209 g/mol. The van der Waals surface area contributed by atoms with Crippen LogP contribution in [0.1, 0.15) is 27.2 Å². The van der Waals surface area contributed by atoms with Gasteiger partial charge in [0, 0.05) is 23.4 Å². The molecular formula is C11H15NO3. The lowest BCUT2D eigenvalue weighted by Gasteiger charge is -2.21. The van der Waals surface area contributed by atoms with Crippen molar-refractivity contribution < 1.29 is 14.3 Å². The van der Waals surface area contributed by atoms with Crippen molar-refractivity contribution in [3.05, 3.63) is 22.5 Å². The molecule has 4 heteroatoms. The summed E-state index contributed by atoms with van der Waals surface area (Å²) in [6, 6.07) is 0. The van der Waals surface area contributed by atoms with Crippen molar-refractivity contribution in [1.82, 2.24) is 5.32 Å². The maximum Gasteiger partial charge on any atom is 0.335 e. The quantitative estimate of drug-likeness (QED) is 0.696. The van der Waals surface area contributed by atoms with Crippen LogP contribution in [0.4, 0.5) is 0 Å². The van der Waals surface area contributed by atoms with Crippen LogP contribution in [0, 0.1) is 0 Å². The molecule has 1 aliphatic heterocycles. The number of rotatable bonds is 2. The van der Waals surface area contributed by atoms with E-state index in [1.807, 2.05) is 6.92 Å². The van der Waals surface area contributed by atoms with Crippen LogP contribution in [0.15, 0.2) is 22.5 Å². The molecule has 0 aromatic rings. The number of ether oxygens (including phenoxy) is 1. The monoisotopic (exact) mass is 209 g/mol. The molecule has 82 valence electrons. The Morgan fingerprint density at radius 2 is 1.73 bits per heavy atom. The normalized spacial score (nSPS) is 16.3. The number of esters is 1. The molecule has 0 bridgehead atoms. The Morgan fingerprint density at radius 1 is 1.20 bits per heavy atom. The van der Waals surface area contributed by atoms with Gasteiger partial charge in [0.25, 0.3) is 0 Å². The number of carbonyl (C=O) groups excluding carboxylic acids is 2. The predicted octanol–water partition coefficient (Wildman–Crippen LogP) is 1.29. The number of nitrogens with one attached hydrogen (secondary N) is 1. The van der Waals surface area contributed by atoms with Crippen LogP contribution < -0.4 is 5.32 Å². The van der Waals surface area contributed by atoms with Gasteiger partial charge in [0.15, 0.2) is 5.78 Å². The highest BCUT2D eigenvalue weighted by Gasteiger charge is 2.23. The molecule has 0 atom stereocenters. The van der Waals surface area contributed by atoms with Crippen molar-refractivity contribution in [3.63, 3.8) is 0 Å². The summed E-state index contributed by atoms with van der Waals surface area (Å²) in [4.78, 5) is 22.7. The summed E-state index contributed by atoms with van der Waals surface area (Å²) < 4.78 is 4.65. The number of methoxy groups -OCH3 is 1. The van der Waals surface area contributed by atoms with Crippen LogP contribution in [-0.4, -0.2) is 18.9 Å². The van der Waals surface area contributed by atoms with Gasteiger partial charge in [-0.25, -0.2) is 4.79 Å². The second kappa shape index (κ2) is 4.29. The van der Waals surface area contributed by atoms with Crippen LogP contribution in [0.25, 0.3) is 0 Å². The summed E-state index contributed by atoms with van der Waals surface area (Å²) in [5.74, 6) is -0.403. The first-order valence-electron chi connectivity index (χ1n) is 4.73. The lowest BCUT2D eigenvalue weighted by atomic mass is 9.96. The second-order valence-corrected chi connectivity index (χ2v) is 3.56. The van der Waals surface area contributed by atoms with Gasteiger partial charge in [0.05, 0.1) is 12.7 Å². The molecule has 0 aliphatic carbocycles. The maximum atomic E-state index is 11.4. The van der Waals surface area contributed by atoms with E-state index in [2.05, 4.69) is 10.1 Å². The Bertz CT molecular complexity index is 377. The van der Waals surface area contributed by atoms with Crippen LogP contribution >= 0.6 is 0 Å². The van der Waals surface area contributed by atoms with Crippen molar-refractivity contribution in [2.75, 3.05) is 7.11 Å². The lowest BCUT2D eigenvalue weighted by Crippen LogP contribution is -2.24.